The number of hydrogen-bond donors (Lipinski definition) is 0. The van der Waals surface area contributed by atoms with Gasteiger partial charge in [0.1, 0.15) is 0 Å². The van der Waals surface area contributed by atoms with Crippen LogP contribution in [0.3, 0.4) is 0 Å². The molecule has 0 unspecified atom stereocenters. The van der Waals surface area contributed by atoms with E-state index in [4.69, 9.17) is 0 Å². The van der Waals surface area contributed by atoms with Gasteiger partial charge in [0.25, 0.3) is 0 Å². The number of aromatic nitrogens is 4. The lowest BCUT2D eigenvalue weighted by Gasteiger charge is -2.32. The van der Waals surface area contributed by atoms with Crippen LogP contribution in [-0.4, -0.2) is 43.6 Å². The van der Waals surface area contributed by atoms with Crippen LogP contribution in [0.2, 0.25) is 0 Å². The number of rotatable bonds is 4. The number of halogens is 3. The minimum Gasteiger partial charge on any atom is -0.336 e. The number of carbonyl (C=O) groups excluding carboxylic acids is 1. The lowest BCUT2D eigenvalue weighted by atomic mass is 10.0. The van der Waals surface area contributed by atoms with Crippen LogP contribution in [0, 0.1) is 6.92 Å². The van der Waals surface area contributed by atoms with Crippen molar-refractivity contribution in [3.05, 3.63) is 46.8 Å². The summed E-state index contributed by atoms with van der Waals surface area (Å²) in [6, 6.07) is 3.61. The minimum absolute atomic E-state index is 0.0265. The molecule has 6 nitrogen and oxygen atoms in total. The Bertz CT molecular complexity index is 875. The Morgan fingerprint density at radius 2 is 2.11 bits per heavy atom. The van der Waals surface area contributed by atoms with E-state index in [1.165, 1.54) is 16.9 Å². The number of tetrazole rings is 1. The van der Waals surface area contributed by atoms with Gasteiger partial charge in [-0.25, -0.2) is 0 Å². The van der Waals surface area contributed by atoms with Crippen molar-refractivity contribution in [1.29, 1.82) is 0 Å². The van der Waals surface area contributed by atoms with Crippen molar-refractivity contribution in [2.24, 2.45) is 0 Å². The molecule has 2 heterocycles. The molecule has 0 N–H and O–H groups in total. The second kappa shape index (κ2) is 8.12. The number of likely N-dealkylation sites (tertiary alicyclic amines) is 1. The quantitative estimate of drug-likeness (QED) is 0.747. The molecular weight excluding hydrogens is 371 g/mol. The molecule has 1 aliphatic heterocycles. The Hall–Kier alpha value is -2.71. The fourth-order valence-electron chi connectivity index (χ4n) is 3.31. The molecule has 0 bridgehead atoms. The van der Waals surface area contributed by atoms with E-state index in [0.717, 1.165) is 31.4 Å². The first-order valence-corrected chi connectivity index (χ1v) is 9.17. The van der Waals surface area contributed by atoms with Crippen LogP contribution >= 0.6 is 0 Å². The Labute approximate surface area is 161 Å². The van der Waals surface area contributed by atoms with Gasteiger partial charge in [-0.05, 0) is 67.7 Å². The number of amides is 1. The van der Waals surface area contributed by atoms with Gasteiger partial charge in [0.2, 0.25) is 5.91 Å². The van der Waals surface area contributed by atoms with Gasteiger partial charge in [-0.2, -0.15) is 18.0 Å². The van der Waals surface area contributed by atoms with Crippen molar-refractivity contribution in [3.63, 3.8) is 0 Å². The number of benzene rings is 1. The Morgan fingerprint density at radius 3 is 2.75 bits per heavy atom. The van der Waals surface area contributed by atoms with Crippen LogP contribution in [0.4, 0.5) is 13.2 Å². The number of aryl methyl sites for hydroxylation is 1. The van der Waals surface area contributed by atoms with Crippen molar-refractivity contribution >= 4 is 12.0 Å². The molecule has 1 atom stereocenters. The summed E-state index contributed by atoms with van der Waals surface area (Å²) in [6.45, 7) is 4.38. The highest BCUT2D eigenvalue weighted by Gasteiger charge is 2.31. The van der Waals surface area contributed by atoms with Crippen LogP contribution < -0.4 is 0 Å². The average molecular weight is 393 g/mol. The van der Waals surface area contributed by atoms with Gasteiger partial charge < -0.3 is 4.90 Å². The lowest BCUT2D eigenvalue weighted by molar-refractivity contribution is -0.137. The molecule has 0 saturated carbocycles. The predicted octanol–water partition coefficient (Wildman–Crippen LogP) is 3.46. The molecule has 1 aliphatic rings. The third kappa shape index (κ3) is 4.76. The zero-order chi connectivity index (χ0) is 20.3. The molecule has 2 aromatic rings. The fraction of sp³-hybridized carbons (Fsp3) is 0.474. The topological polar surface area (TPSA) is 63.9 Å². The molecule has 1 aromatic carbocycles. The van der Waals surface area contributed by atoms with E-state index in [1.54, 1.807) is 17.9 Å². The summed E-state index contributed by atoms with van der Waals surface area (Å²) >= 11 is 0. The van der Waals surface area contributed by atoms with E-state index >= 15 is 0 Å². The normalized spacial score (nSPS) is 18.0. The highest BCUT2D eigenvalue weighted by atomic mass is 19.4. The molecule has 1 fully saturated rings. The molecule has 1 amide bonds. The summed E-state index contributed by atoms with van der Waals surface area (Å²) in [5.74, 6) is 0.297. The van der Waals surface area contributed by atoms with Gasteiger partial charge in [-0.1, -0.05) is 6.07 Å². The smallest absolute Gasteiger partial charge is 0.336 e. The first-order valence-electron chi connectivity index (χ1n) is 9.17. The van der Waals surface area contributed by atoms with Gasteiger partial charge in [0.15, 0.2) is 5.82 Å². The molecule has 0 aliphatic carbocycles. The zero-order valence-electron chi connectivity index (χ0n) is 15.8. The Balaban J connectivity index is 1.87. The van der Waals surface area contributed by atoms with Crippen LogP contribution in [0.1, 0.15) is 48.7 Å². The average Bonchev–Trinajstić information content (AvgIpc) is 3.04. The SMILES string of the molecule is Cc1nnn(Cc2cc(C(F)(F)F)ccc2/C=C/C(=O)N2CCCC[C@H]2C)n1. The Kier molecular flexibility index (Phi) is 5.81. The molecule has 9 heteroatoms. The van der Waals surface area contributed by atoms with Crippen LogP contribution in [0.5, 0.6) is 0 Å². The molecule has 1 aromatic heterocycles. The van der Waals surface area contributed by atoms with Crippen molar-refractivity contribution < 1.29 is 18.0 Å². The van der Waals surface area contributed by atoms with E-state index in [9.17, 15) is 18.0 Å². The van der Waals surface area contributed by atoms with Gasteiger partial charge in [0, 0.05) is 18.7 Å². The molecular formula is C19H22F3N5O. The molecule has 3 rings (SSSR count). The maximum Gasteiger partial charge on any atom is 0.416 e. The van der Waals surface area contributed by atoms with Crippen LogP contribution in [0.15, 0.2) is 24.3 Å². The second-order valence-corrected chi connectivity index (χ2v) is 6.99. The monoisotopic (exact) mass is 393 g/mol. The zero-order valence-corrected chi connectivity index (χ0v) is 15.8. The number of carbonyl (C=O) groups is 1. The van der Waals surface area contributed by atoms with Gasteiger partial charge in [-0.3, -0.25) is 4.79 Å². The van der Waals surface area contributed by atoms with Crippen LogP contribution in [0.25, 0.3) is 6.08 Å². The van der Waals surface area contributed by atoms with Gasteiger partial charge in [-0.15, -0.1) is 10.2 Å². The minimum atomic E-state index is -4.46. The largest absolute Gasteiger partial charge is 0.416 e. The molecule has 0 spiro atoms. The summed E-state index contributed by atoms with van der Waals surface area (Å²) in [6.07, 6.45) is 1.55. The maximum atomic E-state index is 13.1. The van der Waals surface area contributed by atoms with E-state index in [2.05, 4.69) is 15.4 Å². The van der Waals surface area contributed by atoms with E-state index < -0.39 is 11.7 Å². The number of alkyl halides is 3. The summed E-state index contributed by atoms with van der Waals surface area (Å²) < 4.78 is 39.3. The summed E-state index contributed by atoms with van der Waals surface area (Å²) in [7, 11) is 0. The van der Waals surface area contributed by atoms with Gasteiger partial charge >= 0.3 is 6.18 Å². The van der Waals surface area contributed by atoms with E-state index in [-0.39, 0.29) is 18.5 Å². The number of piperidine rings is 1. The van der Waals surface area contributed by atoms with Crippen molar-refractivity contribution in [3.8, 4) is 0 Å². The third-order valence-electron chi connectivity index (χ3n) is 4.83. The van der Waals surface area contributed by atoms with Crippen molar-refractivity contribution in [1.82, 2.24) is 25.1 Å². The van der Waals surface area contributed by atoms with E-state index in [1.807, 2.05) is 6.92 Å². The summed E-state index contributed by atoms with van der Waals surface area (Å²) in [4.78, 5) is 15.5. The number of hydrogen-bond acceptors (Lipinski definition) is 4. The van der Waals surface area contributed by atoms with Gasteiger partial charge in [0.05, 0.1) is 12.1 Å². The highest BCUT2D eigenvalue weighted by molar-refractivity contribution is 5.92. The fourth-order valence-corrected chi connectivity index (χ4v) is 3.31. The maximum absolute atomic E-state index is 13.1. The second-order valence-electron chi connectivity index (χ2n) is 6.99. The molecule has 0 radical (unpaired) electrons. The summed E-state index contributed by atoms with van der Waals surface area (Å²) in [5.41, 5.74) is 0.122. The lowest BCUT2D eigenvalue weighted by Crippen LogP contribution is -2.41. The third-order valence-corrected chi connectivity index (χ3v) is 4.83. The molecule has 150 valence electrons. The van der Waals surface area contributed by atoms with E-state index in [0.29, 0.717) is 23.5 Å². The first kappa shape index (κ1) is 20.0. The van der Waals surface area contributed by atoms with Crippen molar-refractivity contribution in [2.75, 3.05) is 6.54 Å². The predicted molar refractivity (Wildman–Crippen MR) is 97.2 cm³/mol. The summed E-state index contributed by atoms with van der Waals surface area (Å²) in [5, 5.41) is 11.6. The highest BCUT2D eigenvalue weighted by Crippen LogP contribution is 2.31. The van der Waals surface area contributed by atoms with Crippen LogP contribution in [-0.2, 0) is 17.5 Å². The standard InChI is InChI=1S/C19H22F3N5O/c1-13-5-3-4-10-26(13)18(28)9-7-15-6-8-17(19(20,21)22)11-16(15)12-27-24-14(2)23-25-27/h6-9,11,13H,3-5,10,12H2,1-2H3/b9-7+/t13-/m1/s1. The molecule has 28 heavy (non-hydrogen) atoms. The first-order chi connectivity index (χ1) is 13.2. The number of nitrogens with zero attached hydrogens (tertiary/aromatic N) is 5. The molecule has 1 saturated heterocycles. The van der Waals surface area contributed by atoms with Crippen molar-refractivity contribution in [2.45, 2.75) is 51.9 Å². The Morgan fingerprint density at radius 1 is 1.32 bits per heavy atom.